The molecule has 1 aromatic rings. The van der Waals surface area contributed by atoms with Crippen molar-refractivity contribution in [1.82, 2.24) is 14.9 Å². The predicted octanol–water partition coefficient (Wildman–Crippen LogP) is 1.01. The summed E-state index contributed by atoms with van der Waals surface area (Å²) < 4.78 is 26.3. The van der Waals surface area contributed by atoms with E-state index in [-0.39, 0.29) is 29.8 Å². The quantitative estimate of drug-likeness (QED) is 0.769. The largest absolute Gasteiger partial charge is 0.337 e. The molecule has 0 aliphatic carbocycles. The van der Waals surface area contributed by atoms with Crippen molar-refractivity contribution < 1.29 is 13.2 Å². The Labute approximate surface area is 143 Å². The molecule has 1 fully saturated rings. The standard InChI is InChI=1S/C15H21N3O3S.ClH/c1-2-8-17-22(20,21)14-6-4-13(5-7-14)15(19)18-11-3-9-16-10-12-18;/h2,4-7,16-17H,1,3,8-12H2;1H. The van der Waals surface area contributed by atoms with E-state index in [9.17, 15) is 13.2 Å². The van der Waals surface area contributed by atoms with Gasteiger partial charge < -0.3 is 10.2 Å². The minimum Gasteiger partial charge on any atom is -0.337 e. The van der Waals surface area contributed by atoms with E-state index in [2.05, 4.69) is 16.6 Å². The van der Waals surface area contributed by atoms with Crippen LogP contribution in [-0.4, -0.2) is 51.9 Å². The summed E-state index contributed by atoms with van der Waals surface area (Å²) in [5, 5.41) is 3.24. The number of hydrogen-bond acceptors (Lipinski definition) is 4. The Morgan fingerprint density at radius 2 is 1.96 bits per heavy atom. The molecule has 1 amide bonds. The van der Waals surface area contributed by atoms with Crippen LogP contribution in [0.25, 0.3) is 0 Å². The maximum atomic E-state index is 12.4. The van der Waals surface area contributed by atoms with Gasteiger partial charge in [-0.25, -0.2) is 13.1 Å². The molecule has 0 saturated carbocycles. The number of hydrogen-bond donors (Lipinski definition) is 2. The van der Waals surface area contributed by atoms with Gasteiger partial charge >= 0.3 is 0 Å². The first-order valence-corrected chi connectivity index (χ1v) is 8.73. The van der Waals surface area contributed by atoms with Crippen LogP contribution in [0.3, 0.4) is 0 Å². The normalized spacial score (nSPS) is 15.4. The van der Waals surface area contributed by atoms with Crippen molar-refractivity contribution in [2.45, 2.75) is 11.3 Å². The molecule has 1 aromatic carbocycles. The maximum Gasteiger partial charge on any atom is 0.253 e. The van der Waals surface area contributed by atoms with Crippen LogP contribution in [0.1, 0.15) is 16.8 Å². The average Bonchev–Trinajstić information content (AvgIpc) is 2.81. The van der Waals surface area contributed by atoms with Gasteiger partial charge in [-0.15, -0.1) is 19.0 Å². The SMILES string of the molecule is C=CCNS(=O)(=O)c1ccc(C(=O)N2CCCNCC2)cc1.Cl. The second kappa shape index (κ2) is 9.02. The fourth-order valence-corrected chi connectivity index (χ4v) is 3.26. The number of carbonyl (C=O) groups is 1. The number of halogens is 1. The van der Waals surface area contributed by atoms with E-state index in [4.69, 9.17) is 0 Å². The smallest absolute Gasteiger partial charge is 0.253 e. The molecule has 0 aromatic heterocycles. The Morgan fingerprint density at radius 3 is 2.61 bits per heavy atom. The number of benzene rings is 1. The summed E-state index contributed by atoms with van der Waals surface area (Å²) in [5.41, 5.74) is 0.504. The van der Waals surface area contributed by atoms with Gasteiger partial charge in [0.15, 0.2) is 0 Å². The van der Waals surface area contributed by atoms with Gasteiger partial charge in [-0.2, -0.15) is 0 Å². The van der Waals surface area contributed by atoms with Gasteiger partial charge in [-0.05, 0) is 37.2 Å². The minimum atomic E-state index is -3.55. The molecule has 128 valence electrons. The summed E-state index contributed by atoms with van der Waals surface area (Å²) >= 11 is 0. The van der Waals surface area contributed by atoms with Crippen molar-refractivity contribution >= 4 is 28.3 Å². The lowest BCUT2D eigenvalue weighted by atomic mass is 10.2. The fourth-order valence-electron chi connectivity index (χ4n) is 2.26. The number of rotatable bonds is 5. The van der Waals surface area contributed by atoms with Crippen molar-refractivity contribution in [3.8, 4) is 0 Å². The van der Waals surface area contributed by atoms with Crippen LogP contribution in [0.2, 0.25) is 0 Å². The molecule has 8 heteroatoms. The molecule has 23 heavy (non-hydrogen) atoms. The Kier molecular flexibility index (Phi) is 7.70. The summed E-state index contributed by atoms with van der Waals surface area (Å²) in [7, 11) is -3.55. The Bertz CT molecular complexity index is 624. The van der Waals surface area contributed by atoms with Gasteiger partial charge in [0.05, 0.1) is 4.90 Å². The highest BCUT2D eigenvalue weighted by molar-refractivity contribution is 7.89. The first-order valence-electron chi connectivity index (χ1n) is 7.25. The summed E-state index contributed by atoms with van der Waals surface area (Å²) in [6.07, 6.45) is 2.40. The van der Waals surface area contributed by atoms with E-state index in [0.29, 0.717) is 18.7 Å². The summed E-state index contributed by atoms with van der Waals surface area (Å²) in [4.78, 5) is 14.3. The van der Waals surface area contributed by atoms with Crippen molar-refractivity contribution in [1.29, 1.82) is 0 Å². The molecule has 2 N–H and O–H groups in total. The van der Waals surface area contributed by atoms with E-state index in [1.54, 1.807) is 17.0 Å². The number of amides is 1. The van der Waals surface area contributed by atoms with E-state index in [0.717, 1.165) is 19.5 Å². The van der Waals surface area contributed by atoms with Gasteiger partial charge in [0, 0.05) is 31.7 Å². The average molecular weight is 360 g/mol. The second-order valence-electron chi connectivity index (χ2n) is 5.06. The minimum absolute atomic E-state index is 0. The highest BCUT2D eigenvalue weighted by Gasteiger charge is 2.18. The zero-order valence-corrected chi connectivity index (χ0v) is 14.5. The van der Waals surface area contributed by atoms with Crippen LogP contribution >= 0.6 is 12.4 Å². The van der Waals surface area contributed by atoms with Crippen molar-refractivity contribution in [2.75, 3.05) is 32.7 Å². The van der Waals surface area contributed by atoms with Crippen LogP contribution < -0.4 is 10.0 Å². The third-order valence-electron chi connectivity index (χ3n) is 3.46. The van der Waals surface area contributed by atoms with E-state index in [1.165, 1.54) is 18.2 Å². The zero-order valence-electron chi connectivity index (χ0n) is 12.8. The summed E-state index contributed by atoms with van der Waals surface area (Å²) in [5.74, 6) is -0.0632. The molecule has 0 unspecified atom stereocenters. The monoisotopic (exact) mass is 359 g/mol. The van der Waals surface area contributed by atoms with E-state index >= 15 is 0 Å². The van der Waals surface area contributed by atoms with Crippen LogP contribution in [0.4, 0.5) is 0 Å². The van der Waals surface area contributed by atoms with Gasteiger partial charge in [-0.1, -0.05) is 6.08 Å². The van der Waals surface area contributed by atoms with Crippen molar-refractivity contribution in [3.05, 3.63) is 42.5 Å². The van der Waals surface area contributed by atoms with Crippen molar-refractivity contribution in [2.24, 2.45) is 0 Å². The highest BCUT2D eigenvalue weighted by atomic mass is 35.5. The maximum absolute atomic E-state index is 12.4. The van der Waals surface area contributed by atoms with Crippen LogP contribution in [0, 0.1) is 0 Å². The second-order valence-corrected chi connectivity index (χ2v) is 6.83. The number of nitrogens with zero attached hydrogens (tertiary/aromatic N) is 1. The third kappa shape index (κ3) is 5.31. The molecule has 0 atom stereocenters. The molecule has 0 bridgehead atoms. The molecule has 1 saturated heterocycles. The summed E-state index contributed by atoms with van der Waals surface area (Å²) in [6.45, 7) is 6.72. The van der Waals surface area contributed by atoms with E-state index < -0.39 is 10.0 Å². The molecule has 1 heterocycles. The predicted molar refractivity (Wildman–Crippen MR) is 92.5 cm³/mol. The Balaban J connectivity index is 0.00000264. The van der Waals surface area contributed by atoms with E-state index in [1.807, 2.05) is 0 Å². The lowest BCUT2D eigenvalue weighted by Gasteiger charge is -2.20. The number of carbonyl (C=O) groups excluding carboxylic acids is 1. The topological polar surface area (TPSA) is 78.5 Å². The summed E-state index contributed by atoms with van der Waals surface area (Å²) in [6, 6.07) is 6.02. The third-order valence-corrected chi connectivity index (χ3v) is 4.90. The van der Waals surface area contributed by atoms with Gasteiger partial charge in [0.1, 0.15) is 0 Å². The molecule has 1 aliphatic heterocycles. The Morgan fingerprint density at radius 1 is 1.26 bits per heavy atom. The molecule has 0 spiro atoms. The van der Waals surface area contributed by atoms with Gasteiger partial charge in [0.25, 0.3) is 5.91 Å². The van der Waals surface area contributed by atoms with Gasteiger partial charge in [0.2, 0.25) is 10.0 Å². The highest BCUT2D eigenvalue weighted by Crippen LogP contribution is 2.13. The number of nitrogens with one attached hydrogen (secondary N) is 2. The van der Waals surface area contributed by atoms with Gasteiger partial charge in [-0.3, -0.25) is 4.79 Å². The van der Waals surface area contributed by atoms with Crippen molar-refractivity contribution in [3.63, 3.8) is 0 Å². The van der Waals surface area contributed by atoms with Crippen LogP contribution in [-0.2, 0) is 10.0 Å². The fraction of sp³-hybridized carbons (Fsp3) is 0.400. The van der Waals surface area contributed by atoms with Crippen LogP contribution in [0.15, 0.2) is 41.8 Å². The zero-order chi connectivity index (χ0) is 16.0. The molecule has 6 nitrogen and oxygen atoms in total. The first kappa shape index (κ1) is 19.6. The first-order chi connectivity index (χ1) is 10.5. The molecule has 2 rings (SSSR count). The molecule has 1 aliphatic rings. The lowest BCUT2D eigenvalue weighted by molar-refractivity contribution is 0.0766. The molecule has 0 radical (unpaired) electrons. The molecular weight excluding hydrogens is 338 g/mol. The number of sulfonamides is 1. The van der Waals surface area contributed by atoms with Crippen LogP contribution in [0.5, 0.6) is 0 Å². The Hall–Kier alpha value is -1.41. The molecular formula is C15H22ClN3O3S. The lowest BCUT2D eigenvalue weighted by Crippen LogP contribution is -2.34.